The molecule has 3 rings (SSSR count). The molecular weight excluding hydrogens is 224 g/mol. The van der Waals surface area contributed by atoms with E-state index < -0.39 is 0 Å². The average molecular weight is 242 g/mol. The van der Waals surface area contributed by atoms with Crippen LogP contribution in [0.2, 0.25) is 0 Å². The topological polar surface area (TPSA) is 42.7 Å². The third-order valence-electron chi connectivity index (χ3n) is 3.13. The van der Waals surface area contributed by atoms with E-state index in [9.17, 15) is 0 Å². The SMILES string of the molecule is Cc1cncc(Cn2cnc(CNC3CC3)c2)c1. The summed E-state index contributed by atoms with van der Waals surface area (Å²) < 4.78 is 2.11. The van der Waals surface area contributed by atoms with E-state index in [1.165, 1.54) is 24.0 Å². The summed E-state index contributed by atoms with van der Waals surface area (Å²) in [7, 11) is 0. The Morgan fingerprint density at radius 2 is 2.28 bits per heavy atom. The molecule has 0 atom stereocenters. The van der Waals surface area contributed by atoms with E-state index >= 15 is 0 Å². The molecule has 0 radical (unpaired) electrons. The van der Waals surface area contributed by atoms with Crippen LogP contribution in [0.15, 0.2) is 31.0 Å². The first kappa shape index (κ1) is 11.4. The van der Waals surface area contributed by atoms with E-state index in [4.69, 9.17) is 0 Å². The number of pyridine rings is 1. The number of imidazole rings is 1. The van der Waals surface area contributed by atoms with Gasteiger partial charge in [0.2, 0.25) is 0 Å². The van der Waals surface area contributed by atoms with Gasteiger partial charge >= 0.3 is 0 Å². The molecule has 1 saturated carbocycles. The summed E-state index contributed by atoms with van der Waals surface area (Å²) in [5.74, 6) is 0. The van der Waals surface area contributed by atoms with Crippen molar-refractivity contribution in [3.05, 3.63) is 47.8 Å². The maximum absolute atomic E-state index is 4.41. The van der Waals surface area contributed by atoms with Crippen molar-refractivity contribution < 1.29 is 0 Å². The van der Waals surface area contributed by atoms with Gasteiger partial charge in [-0.1, -0.05) is 6.07 Å². The minimum Gasteiger partial charge on any atom is -0.333 e. The maximum Gasteiger partial charge on any atom is 0.0953 e. The van der Waals surface area contributed by atoms with Crippen LogP contribution in [0.1, 0.15) is 29.7 Å². The molecular formula is C14H18N4. The van der Waals surface area contributed by atoms with Gasteiger partial charge < -0.3 is 9.88 Å². The first-order valence-electron chi connectivity index (χ1n) is 6.44. The summed E-state index contributed by atoms with van der Waals surface area (Å²) in [6.45, 7) is 3.78. The Labute approximate surface area is 107 Å². The summed E-state index contributed by atoms with van der Waals surface area (Å²) in [6.07, 6.45) is 10.4. The van der Waals surface area contributed by atoms with Crippen molar-refractivity contribution in [1.29, 1.82) is 0 Å². The lowest BCUT2D eigenvalue weighted by Crippen LogP contribution is -2.15. The zero-order valence-electron chi connectivity index (χ0n) is 10.6. The highest BCUT2D eigenvalue weighted by Crippen LogP contribution is 2.19. The summed E-state index contributed by atoms with van der Waals surface area (Å²) >= 11 is 0. The standard InChI is InChI=1S/C14H18N4/c1-11-4-12(6-15-5-11)8-18-9-14(17-10-18)7-16-13-2-3-13/h4-6,9-10,13,16H,2-3,7-8H2,1H3. The number of hydrogen-bond acceptors (Lipinski definition) is 3. The molecule has 1 aliphatic carbocycles. The molecule has 0 unspecified atom stereocenters. The van der Waals surface area contributed by atoms with Gasteiger partial charge in [-0.2, -0.15) is 0 Å². The van der Waals surface area contributed by atoms with Crippen LogP contribution in [0.5, 0.6) is 0 Å². The lowest BCUT2D eigenvalue weighted by Gasteiger charge is -2.02. The van der Waals surface area contributed by atoms with Crippen LogP contribution in [0.3, 0.4) is 0 Å². The number of aromatic nitrogens is 3. The van der Waals surface area contributed by atoms with E-state index in [0.717, 1.165) is 24.8 Å². The Morgan fingerprint density at radius 3 is 3.06 bits per heavy atom. The molecule has 18 heavy (non-hydrogen) atoms. The molecule has 0 aliphatic heterocycles. The Hall–Kier alpha value is -1.68. The minimum atomic E-state index is 0.733. The smallest absolute Gasteiger partial charge is 0.0953 e. The molecule has 1 aliphatic rings. The fraction of sp³-hybridized carbons (Fsp3) is 0.429. The molecule has 2 aromatic heterocycles. The molecule has 4 nitrogen and oxygen atoms in total. The fourth-order valence-electron chi connectivity index (χ4n) is 2.04. The number of rotatable bonds is 5. The van der Waals surface area contributed by atoms with E-state index in [-0.39, 0.29) is 0 Å². The third kappa shape index (κ3) is 2.96. The number of aryl methyl sites for hydroxylation is 1. The second-order valence-electron chi connectivity index (χ2n) is 5.06. The van der Waals surface area contributed by atoms with Crippen LogP contribution < -0.4 is 5.32 Å². The Kier molecular flexibility index (Phi) is 3.11. The first-order valence-corrected chi connectivity index (χ1v) is 6.44. The molecule has 2 aromatic rings. The Bertz CT molecular complexity index is 528. The molecule has 4 heteroatoms. The van der Waals surface area contributed by atoms with Crippen molar-refractivity contribution in [2.75, 3.05) is 0 Å². The zero-order chi connectivity index (χ0) is 12.4. The van der Waals surface area contributed by atoms with Gasteiger partial charge in [-0.3, -0.25) is 4.98 Å². The highest BCUT2D eigenvalue weighted by Gasteiger charge is 2.20. The minimum absolute atomic E-state index is 0.733. The van der Waals surface area contributed by atoms with Crippen molar-refractivity contribution >= 4 is 0 Å². The highest BCUT2D eigenvalue weighted by molar-refractivity contribution is 5.17. The van der Waals surface area contributed by atoms with Crippen LogP contribution in [0, 0.1) is 6.92 Å². The lowest BCUT2D eigenvalue weighted by atomic mass is 10.2. The van der Waals surface area contributed by atoms with Crippen LogP contribution in [0.25, 0.3) is 0 Å². The monoisotopic (exact) mass is 242 g/mol. The zero-order valence-corrected chi connectivity index (χ0v) is 10.6. The molecule has 94 valence electrons. The summed E-state index contributed by atoms with van der Waals surface area (Å²) in [6, 6.07) is 2.89. The van der Waals surface area contributed by atoms with Gasteiger partial charge in [0.15, 0.2) is 0 Å². The normalized spacial score (nSPS) is 14.9. The first-order chi connectivity index (χ1) is 8.79. The van der Waals surface area contributed by atoms with Crippen molar-refractivity contribution in [2.45, 2.75) is 38.9 Å². The lowest BCUT2D eigenvalue weighted by molar-refractivity contribution is 0.676. The van der Waals surface area contributed by atoms with Gasteiger partial charge in [-0.15, -0.1) is 0 Å². The maximum atomic E-state index is 4.41. The van der Waals surface area contributed by atoms with Gasteiger partial charge in [0, 0.05) is 31.2 Å². The number of nitrogens with zero attached hydrogens (tertiary/aromatic N) is 3. The summed E-state index contributed by atoms with van der Waals surface area (Å²) in [5, 5.41) is 3.47. The quantitative estimate of drug-likeness (QED) is 0.870. The molecule has 0 bridgehead atoms. The van der Waals surface area contributed by atoms with Crippen LogP contribution >= 0.6 is 0 Å². The fourth-order valence-corrected chi connectivity index (χ4v) is 2.04. The predicted molar refractivity (Wildman–Crippen MR) is 70.2 cm³/mol. The van der Waals surface area contributed by atoms with Gasteiger partial charge in [-0.05, 0) is 30.9 Å². The molecule has 0 saturated heterocycles. The highest BCUT2D eigenvalue weighted by atomic mass is 15.1. The largest absolute Gasteiger partial charge is 0.333 e. The van der Waals surface area contributed by atoms with Crippen molar-refractivity contribution in [1.82, 2.24) is 19.9 Å². The molecule has 0 aromatic carbocycles. The van der Waals surface area contributed by atoms with Crippen molar-refractivity contribution in [3.63, 3.8) is 0 Å². The van der Waals surface area contributed by atoms with Gasteiger partial charge in [-0.25, -0.2) is 4.98 Å². The Morgan fingerprint density at radius 1 is 1.39 bits per heavy atom. The third-order valence-corrected chi connectivity index (χ3v) is 3.13. The predicted octanol–water partition coefficient (Wildman–Crippen LogP) is 1.89. The van der Waals surface area contributed by atoms with Crippen LogP contribution in [-0.4, -0.2) is 20.6 Å². The molecule has 0 spiro atoms. The number of nitrogens with one attached hydrogen (secondary N) is 1. The molecule has 1 N–H and O–H groups in total. The second-order valence-corrected chi connectivity index (χ2v) is 5.06. The van der Waals surface area contributed by atoms with Gasteiger partial charge in [0.25, 0.3) is 0 Å². The summed E-state index contributed by atoms with van der Waals surface area (Å²) in [5.41, 5.74) is 3.53. The van der Waals surface area contributed by atoms with Crippen LogP contribution in [-0.2, 0) is 13.1 Å². The van der Waals surface area contributed by atoms with Gasteiger partial charge in [0.05, 0.1) is 18.6 Å². The Balaban J connectivity index is 1.61. The van der Waals surface area contributed by atoms with E-state index in [0.29, 0.717) is 0 Å². The second kappa shape index (κ2) is 4.90. The molecule has 0 amide bonds. The number of hydrogen-bond donors (Lipinski definition) is 1. The van der Waals surface area contributed by atoms with Gasteiger partial charge in [0.1, 0.15) is 0 Å². The van der Waals surface area contributed by atoms with Crippen molar-refractivity contribution in [3.8, 4) is 0 Å². The van der Waals surface area contributed by atoms with E-state index in [1.807, 2.05) is 18.7 Å². The average Bonchev–Trinajstić information content (AvgIpc) is 3.08. The van der Waals surface area contributed by atoms with Crippen LogP contribution in [0.4, 0.5) is 0 Å². The van der Waals surface area contributed by atoms with Crippen molar-refractivity contribution in [2.24, 2.45) is 0 Å². The summed E-state index contributed by atoms with van der Waals surface area (Å²) in [4.78, 5) is 8.62. The molecule has 2 heterocycles. The molecule has 1 fully saturated rings. The van der Waals surface area contributed by atoms with E-state index in [2.05, 4.69) is 39.0 Å². The van der Waals surface area contributed by atoms with E-state index in [1.54, 1.807) is 0 Å².